The summed E-state index contributed by atoms with van der Waals surface area (Å²) in [6.07, 6.45) is 4.99. The van der Waals surface area contributed by atoms with Crippen LogP contribution in [0.15, 0.2) is 53.1 Å². The molecule has 3 aromatic heterocycles. The lowest BCUT2D eigenvalue weighted by Gasteiger charge is -2.34. The van der Waals surface area contributed by atoms with E-state index in [4.69, 9.17) is 4.98 Å². The van der Waals surface area contributed by atoms with Crippen LogP contribution in [0.4, 0.5) is 5.69 Å². The van der Waals surface area contributed by atoms with Gasteiger partial charge in [0.25, 0.3) is 0 Å². The van der Waals surface area contributed by atoms with Gasteiger partial charge in [0, 0.05) is 60.7 Å². The molecular formula is C25H28N6O2S2. The van der Waals surface area contributed by atoms with Crippen LogP contribution < -0.4 is 4.90 Å². The number of anilines is 1. The van der Waals surface area contributed by atoms with Crippen molar-refractivity contribution < 1.29 is 8.42 Å². The molecule has 10 heteroatoms. The molecule has 0 spiro atoms. The Labute approximate surface area is 209 Å². The molecule has 2 aliphatic rings. The summed E-state index contributed by atoms with van der Waals surface area (Å²) in [7, 11) is -1.38. The van der Waals surface area contributed by atoms with Crippen molar-refractivity contribution in [2.24, 2.45) is 0 Å². The summed E-state index contributed by atoms with van der Waals surface area (Å²) in [5, 5.41) is 2.58. The molecule has 0 radical (unpaired) electrons. The average molecular weight is 509 g/mol. The molecule has 0 saturated carbocycles. The van der Waals surface area contributed by atoms with Crippen molar-refractivity contribution in [1.82, 2.24) is 24.2 Å². The van der Waals surface area contributed by atoms with E-state index in [2.05, 4.69) is 32.9 Å². The summed E-state index contributed by atoms with van der Waals surface area (Å²) < 4.78 is 29.4. The molecule has 0 atom stereocenters. The molecule has 0 aliphatic carbocycles. The lowest BCUT2D eigenvalue weighted by molar-refractivity contribution is 0.313. The van der Waals surface area contributed by atoms with Gasteiger partial charge in [-0.05, 0) is 32.0 Å². The number of aromatic nitrogens is 3. The van der Waals surface area contributed by atoms with Crippen molar-refractivity contribution in [3.8, 4) is 0 Å². The Bertz CT molecular complexity index is 1470. The Morgan fingerprint density at radius 1 is 0.971 bits per heavy atom. The number of thiophene rings is 1. The van der Waals surface area contributed by atoms with Gasteiger partial charge in [0.05, 0.1) is 23.1 Å². The average Bonchev–Trinajstić information content (AvgIpc) is 3.34. The fourth-order valence-corrected chi connectivity index (χ4v) is 8.09. The highest BCUT2D eigenvalue weighted by atomic mass is 32.2. The molecule has 8 nitrogen and oxygen atoms in total. The number of fused-ring (bicyclic) bond motifs is 2. The minimum atomic E-state index is -3.53. The summed E-state index contributed by atoms with van der Waals surface area (Å²) in [5.74, 6) is 0.160. The molecule has 5 heterocycles. The molecule has 35 heavy (non-hydrogen) atoms. The van der Waals surface area contributed by atoms with E-state index in [-0.39, 0.29) is 5.92 Å². The third-order valence-corrected chi connectivity index (χ3v) is 10.3. The molecule has 182 valence electrons. The standard InChI is InChI=1S/C25H28N6O2S2/c1-29-10-12-30(13-11-29)19-14-21-25(26-15-19)24(28-17-27-21)18-6-8-31(9-7-18)35(32,33)23-16-34-22-5-3-2-4-20(22)23/h2-5,14-18H,6-13H2,1H3. The first-order valence-corrected chi connectivity index (χ1v) is 14.3. The van der Waals surface area contributed by atoms with Crippen LogP contribution in [-0.4, -0.2) is 78.9 Å². The monoisotopic (exact) mass is 508 g/mol. The van der Waals surface area contributed by atoms with Gasteiger partial charge in [0.15, 0.2) is 0 Å². The van der Waals surface area contributed by atoms with E-state index in [9.17, 15) is 8.42 Å². The molecule has 0 N–H and O–H groups in total. The van der Waals surface area contributed by atoms with Crippen LogP contribution >= 0.6 is 11.3 Å². The third kappa shape index (κ3) is 4.18. The van der Waals surface area contributed by atoms with Crippen molar-refractivity contribution in [2.45, 2.75) is 23.7 Å². The molecule has 0 amide bonds. The lowest BCUT2D eigenvalue weighted by atomic mass is 9.93. The van der Waals surface area contributed by atoms with Crippen LogP contribution in [0.25, 0.3) is 21.1 Å². The number of benzene rings is 1. The maximum absolute atomic E-state index is 13.4. The largest absolute Gasteiger partial charge is 0.368 e. The van der Waals surface area contributed by atoms with Crippen molar-refractivity contribution in [3.63, 3.8) is 0 Å². The van der Waals surface area contributed by atoms with Gasteiger partial charge in [-0.1, -0.05) is 18.2 Å². The van der Waals surface area contributed by atoms with Crippen LogP contribution in [0, 0.1) is 0 Å². The second kappa shape index (κ2) is 9.09. The fourth-order valence-electron chi connectivity index (χ4n) is 5.15. The number of piperidine rings is 1. The zero-order valence-electron chi connectivity index (χ0n) is 19.7. The Kier molecular flexibility index (Phi) is 5.92. The molecule has 2 aliphatic heterocycles. The van der Waals surface area contributed by atoms with Gasteiger partial charge in [0.1, 0.15) is 16.7 Å². The van der Waals surface area contributed by atoms with Gasteiger partial charge in [-0.2, -0.15) is 4.31 Å². The predicted molar refractivity (Wildman–Crippen MR) is 140 cm³/mol. The smallest absolute Gasteiger partial charge is 0.244 e. The third-order valence-electron chi connectivity index (χ3n) is 7.26. The van der Waals surface area contributed by atoms with E-state index in [1.54, 1.807) is 16.0 Å². The van der Waals surface area contributed by atoms with E-state index in [1.807, 2.05) is 30.5 Å². The van der Waals surface area contributed by atoms with Gasteiger partial charge in [0.2, 0.25) is 10.0 Å². The molecule has 0 bridgehead atoms. The quantitative estimate of drug-likeness (QED) is 0.417. The number of piperazine rings is 1. The van der Waals surface area contributed by atoms with E-state index in [0.29, 0.717) is 18.0 Å². The number of sulfonamides is 1. The molecular weight excluding hydrogens is 480 g/mol. The topological polar surface area (TPSA) is 82.5 Å². The summed E-state index contributed by atoms with van der Waals surface area (Å²) in [4.78, 5) is 19.0. The predicted octanol–water partition coefficient (Wildman–Crippen LogP) is 3.56. The van der Waals surface area contributed by atoms with Crippen LogP contribution in [-0.2, 0) is 10.0 Å². The first kappa shape index (κ1) is 22.8. The Morgan fingerprint density at radius 2 is 1.74 bits per heavy atom. The number of nitrogens with zero attached hydrogens (tertiary/aromatic N) is 6. The van der Waals surface area contributed by atoms with Crippen LogP contribution in [0.2, 0.25) is 0 Å². The lowest BCUT2D eigenvalue weighted by Crippen LogP contribution is -2.44. The zero-order valence-corrected chi connectivity index (χ0v) is 21.3. The minimum Gasteiger partial charge on any atom is -0.368 e. The zero-order chi connectivity index (χ0) is 24.0. The maximum Gasteiger partial charge on any atom is 0.244 e. The van der Waals surface area contributed by atoms with E-state index in [1.165, 1.54) is 11.3 Å². The van der Waals surface area contributed by atoms with Crippen LogP contribution in [0.3, 0.4) is 0 Å². The molecule has 2 fully saturated rings. The fraction of sp³-hybridized carbons (Fsp3) is 0.400. The number of likely N-dealkylation sites (N-methyl/N-ethyl adjacent to an activating group) is 1. The van der Waals surface area contributed by atoms with Crippen LogP contribution in [0.1, 0.15) is 24.5 Å². The van der Waals surface area contributed by atoms with Gasteiger partial charge >= 0.3 is 0 Å². The summed E-state index contributed by atoms with van der Waals surface area (Å²) >= 11 is 1.48. The highest BCUT2D eigenvalue weighted by Gasteiger charge is 2.33. The number of hydrogen-bond acceptors (Lipinski definition) is 8. The van der Waals surface area contributed by atoms with Gasteiger partial charge in [-0.25, -0.2) is 18.4 Å². The Hall–Kier alpha value is -2.66. The summed E-state index contributed by atoms with van der Waals surface area (Å²) in [6.45, 7) is 4.98. The summed E-state index contributed by atoms with van der Waals surface area (Å²) in [6, 6.07) is 9.80. The highest BCUT2D eigenvalue weighted by molar-refractivity contribution is 7.89. The van der Waals surface area contributed by atoms with Gasteiger partial charge in [-0.3, -0.25) is 4.98 Å². The normalized spacial score (nSPS) is 19.1. The molecule has 1 aromatic carbocycles. The SMILES string of the molecule is CN1CCN(c2cnc3c(C4CCN(S(=O)(=O)c5csc6ccccc56)CC4)ncnc3c2)CC1. The Balaban J connectivity index is 1.21. The summed E-state index contributed by atoms with van der Waals surface area (Å²) in [5.41, 5.74) is 3.71. The molecule has 2 saturated heterocycles. The maximum atomic E-state index is 13.4. The molecule has 0 unspecified atom stereocenters. The Morgan fingerprint density at radius 3 is 2.54 bits per heavy atom. The number of rotatable bonds is 4. The second-order valence-corrected chi connectivity index (χ2v) is 12.2. The number of hydrogen-bond donors (Lipinski definition) is 0. The highest BCUT2D eigenvalue weighted by Crippen LogP contribution is 2.36. The van der Waals surface area contributed by atoms with E-state index >= 15 is 0 Å². The minimum absolute atomic E-state index is 0.160. The molecule has 6 rings (SSSR count). The van der Waals surface area contributed by atoms with Crippen molar-refractivity contribution >= 4 is 48.2 Å². The van der Waals surface area contributed by atoms with Crippen molar-refractivity contribution in [2.75, 3.05) is 51.2 Å². The van der Waals surface area contributed by atoms with Gasteiger partial charge < -0.3 is 9.80 Å². The van der Waals surface area contributed by atoms with Gasteiger partial charge in [-0.15, -0.1) is 11.3 Å². The first-order valence-electron chi connectivity index (χ1n) is 12.0. The van der Waals surface area contributed by atoms with E-state index in [0.717, 1.165) is 71.5 Å². The van der Waals surface area contributed by atoms with Crippen molar-refractivity contribution in [3.05, 3.63) is 53.9 Å². The number of pyridine rings is 1. The molecule has 4 aromatic rings. The first-order chi connectivity index (χ1) is 17.0. The van der Waals surface area contributed by atoms with Crippen LogP contribution in [0.5, 0.6) is 0 Å². The second-order valence-electron chi connectivity index (χ2n) is 9.38. The van der Waals surface area contributed by atoms with E-state index < -0.39 is 10.0 Å². The van der Waals surface area contributed by atoms with Crippen molar-refractivity contribution in [1.29, 1.82) is 0 Å².